The first-order valence-electron chi connectivity index (χ1n) is 7.83. The Hall–Kier alpha value is -1.62. The second kappa shape index (κ2) is 9.76. The maximum Gasteiger partial charge on any atom is 0.323 e. The number of amides is 2. The molecule has 0 aliphatic carbocycles. The molecule has 0 saturated heterocycles. The lowest BCUT2D eigenvalue weighted by Crippen LogP contribution is -3.00. The van der Waals surface area contributed by atoms with Gasteiger partial charge < -0.3 is 27.9 Å². The van der Waals surface area contributed by atoms with Crippen molar-refractivity contribution in [2.24, 2.45) is 0 Å². The quantitative estimate of drug-likeness (QED) is 0.809. The fraction of sp³-hybridized carbons (Fsp3) is 0.278. The molecule has 0 bridgehead atoms. The molecule has 0 unspecified atom stereocenters. The number of nitrogens with zero attached hydrogens (tertiary/aromatic N) is 1. The van der Waals surface area contributed by atoms with Gasteiger partial charge in [0.25, 0.3) is 0 Å². The van der Waals surface area contributed by atoms with E-state index >= 15 is 0 Å². The van der Waals surface area contributed by atoms with Crippen LogP contribution in [0.2, 0.25) is 10.0 Å². The summed E-state index contributed by atoms with van der Waals surface area (Å²) in [5.74, 6) is 0. The molecule has 2 N–H and O–H groups in total. The van der Waals surface area contributed by atoms with Crippen LogP contribution in [0.4, 0.5) is 21.9 Å². The van der Waals surface area contributed by atoms with Crippen LogP contribution >= 0.6 is 23.2 Å². The molecule has 136 valence electrons. The largest absolute Gasteiger partial charge is 1.00 e. The first-order valence-corrected chi connectivity index (χ1v) is 8.58. The number of halogens is 3. The molecule has 0 aliphatic heterocycles. The molecule has 0 aliphatic rings. The van der Waals surface area contributed by atoms with Crippen LogP contribution in [0.25, 0.3) is 0 Å². The molecule has 7 heteroatoms. The standard InChI is InChI=1S/C18H21Cl2N3O.ClH/c1-4-23(5-2)14-7-9-16(12(3)10-14)21-18(24)22-17-11-13(19)6-8-15(17)20;/h6-11H,4-5H2,1-3H3,(H2,21,22,24);1H/p-1. The minimum Gasteiger partial charge on any atom is -1.00 e. The van der Waals surface area contributed by atoms with Gasteiger partial charge in [-0.15, -0.1) is 0 Å². The van der Waals surface area contributed by atoms with Gasteiger partial charge >= 0.3 is 6.03 Å². The van der Waals surface area contributed by atoms with Crippen molar-refractivity contribution in [2.45, 2.75) is 20.8 Å². The van der Waals surface area contributed by atoms with Gasteiger partial charge in [0.05, 0.1) is 10.7 Å². The first-order chi connectivity index (χ1) is 11.4. The number of hydrogen-bond acceptors (Lipinski definition) is 2. The van der Waals surface area contributed by atoms with E-state index in [2.05, 4.69) is 35.4 Å². The molecular formula is C18H21Cl3N3O-. The van der Waals surface area contributed by atoms with Crippen LogP contribution in [0.3, 0.4) is 0 Å². The van der Waals surface area contributed by atoms with Crippen molar-refractivity contribution < 1.29 is 17.2 Å². The van der Waals surface area contributed by atoms with Gasteiger partial charge in [-0.25, -0.2) is 4.79 Å². The zero-order valence-corrected chi connectivity index (χ0v) is 16.6. The molecule has 0 atom stereocenters. The minimum atomic E-state index is -0.363. The number of aryl methyl sites for hydroxylation is 1. The smallest absolute Gasteiger partial charge is 0.323 e. The van der Waals surface area contributed by atoms with E-state index in [0.29, 0.717) is 15.7 Å². The fourth-order valence-electron chi connectivity index (χ4n) is 2.44. The molecule has 0 spiro atoms. The van der Waals surface area contributed by atoms with Gasteiger partial charge in [0, 0.05) is 29.5 Å². The van der Waals surface area contributed by atoms with E-state index in [9.17, 15) is 4.79 Å². The average molecular weight is 402 g/mol. The van der Waals surface area contributed by atoms with Gasteiger partial charge in [-0.05, 0) is 62.7 Å². The lowest BCUT2D eigenvalue weighted by molar-refractivity contribution is -0.00000771. The second-order valence-electron chi connectivity index (χ2n) is 5.37. The Morgan fingerprint density at radius 2 is 1.64 bits per heavy atom. The van der Waals surface area contributed by atoms with Crippen molar-refractivity contribution >= 4 is 46.3 Å². The number of urea groups is 1. The summed E-state index contributed by atoms with van der Waals surface area (Å²) >= 11 is 12.0. The van der Waals surface area contributed by atoms with Gasteiger partial charge in [0.2, 0.25) is 0 Å². The Balaban J connectivity index is 0.00000312. The lowest BCUT2D eigenvalue weighted by Gasteiger charge is -2.22. The van der Waals surface area contributed by atoms with Gasteiger partial charge in [0.15, 0.2) is 0 Å². The predicted molar refractivity (Wildman–Crippen MR) is 104 cm³/mol. The van der Waals surface area contributed by atoms with E-state index in [-0.39, 0.29) is 18.4 Å². The highest BCUT2D eigenvalue weighted by molar-refractivity contribution is 6.35. The number of benzene rings is 2. The van der Waals surface area contributed by atoms with Crippen molar-refractivity contribution in [3.05, 3.63) is 52.0 Å². The molecule has 2 amide bonds. The molecular weight excluding hydrogens is 381 g/mol. The lowest BCUT2D eigenvalue weighted by atomic mass is 10.1. The van der Waals surface area contributed by atoms with Crippen molar-refractivity contribution in [3.63, 3.8) is 0 Å². The van der Waals surface area contributed by atoms with Crippen LogP contribution < -0.4 is 27.9 Å². The molecule has 25 heavy (non-hydrogen) atoms. The summed E-state index contributed by atoms with van der Waals surface area (Å²) in [6.07, 6.45) is 0. The molecule has 4 nitrogen and oxygen atoms in total. The predicted octanol–water partition coefficient (Wildman–Crippen LogP) is 2.80. The number of carbonyl (C=O) groups excluding carboxylic acids is 1. The summed E-state index contributed by atoms with van der Waals surface area (Å²) in [6, 6.07) is 10.5. The Bertz CT molecular complexity index is 734. The maximum absolute atomic E-state index is 12.2. The summed E-state index contributed by atoms with van der Waals surface area (Å²) in [4.78, 5) is 14.4. The second-order valence-corrected chi connectivity index (χ2v) is 6.22. The van der Waals surface area contributed by atoms with Crippen LogP contribution in [-0.2, 0) is 0 Å². The van der Waals surface area contributed by atoms with Gasteiger partial charge in [-0.3, -0.25) is 0 Å². The zero-order chi connectivity index (χ0) is 17.7. The third kappa shape index (κ3) is 5.70. The molecule has 0 aromatic heterocycles. The molecule has 2 aromatic carbocycles. The van der Waals surface area contributed by atoms with E-state index in [1.807, 2.05) is 19.1 Å². The summed E-state index contributed by atoms with van der Waals surface area (Å²) in [7, 11) is 0. The number of rotatable bonds is 5. The Kier molecular flexibility index (Phi) is 8.36. The highest BCUT2D eigenvalue weighted by atomic mass is 35.5. The molecule has 0 radical (unpaired) electrons. The van der Waals surface area contributed by atoms with Crippen LogP contribution in [0, 0.1) is 6.92 Å². The topological polar surface area (TPSA) is 44.4 Å². The summed E-state index contributed by atoms with van der Waals surface area (Å²) in [5.41, 5.74) is 3.36. The third-order valence-electron chi connectivity index (χ3n) is 3.76. The number of hydrogen-bond donors (Lipinski definition) is 2. The van der Waals surface area contributed by atoms with E-state index in [0.717, 1.165) is 30.0 Å². The summed E-state index contributed by atoms with van der Waals surface area (Å²) in [6.45, 7) is 8.09. The fourth-order valence-corrected chi connectivity index (χ4v) is 2.78. The maximum atomic E-state index is 12.2. The van der Waals surface area contributed by atoms with Crippen LogP contribution in [-0.4, -0.2) is 19.1 Å². The highest BCUT2D eigenvalue weighted by Gasteiger charge is 2.10. The summed E-state index contributed by atoms with van der Waals surface area (Å²) < 4.78 is 0. The first kappa shape index (κ1) is 21.4. The highest BCUT2D eigenvalue weighted by Crippen LogP contribution is 2.26. The molecule has 2 rings (SSSR count). The third-order valence-corrected chi connectivity index (χ3v) is 4.33. The number of carbonyl (C=O) groups is 1. The Labute approximate surface area is 164 Å². The van der Waals surface area contributed by atoms with Gasteiger partial charge in [-0.2, -0.15) is 0 Å². The Morgan fingerprint density at radius 3 is 2.24 bits per heavy atom. The monoisotopic (exact) mass is 400 g/mol. The van der Waals surface area contributed by atoms with E-state index in [1.165, 1.54) is 0 Å². The molecule has 0 fully saturated rings. The average Bonchev–Trinajstić information content (AvgIpc) is 2.54. The van der Waals surface area contributed by atoms with Crippen molar-refractivity contribution in [1.29, 1.82) is 0 Å². The molecule has 0 heterocycles. The van der Waals surface area contributed by atoms with Crippen LogP contribution in [0.5, 0.6) is 0 Å². The normalized spacial score (nSPS) is 9.96. The van der Waals surface area contributed by atoms with Crippen molar-refractivity contribution in [3.8, 4) is 0 Å². The molecule has 0 saturated carbocycles. The SMILES string of the molecule is CCN(CC)c1ccc(NC(=O)Nc2cc(Cl)ccc2Cl)c(C)c1.[Cl-]. The number of anilines is 3. The van der Waals surface area contributed by atoms with Crippen LogP contribution in [0.1, 0.15) is 19.4 Å². The summed E-state index contributed by atoms with van der Waals surface area (Å²) in [5, 5.41) is 6.49. The van der Waals surface area contributed by atoms with E-state index in [4.69, 9.17) is 23.2 Å². The van der Waals surface area contributed by atoms with E-state index < -0.39 is 0 Å². The van der Waals surface area contributed by atoms with Crippen molar-refractivity contribution in [2.75, 3.05) is 28.6 Å². The Morgan fingerprint density at radius 1 is 1.00 bits per heavy atom. The molecule has 2 aromatic rings. The number of nitrogens with one attached hydrogen (secondary N) is 2. The minimum absolute atomic E-state index is 0. The van der Waals surface area contributed by atoms with Crippen LogP contribution in [0.15, 0.2) is 36.4 Å². The van der Waals surface area contributed by atoms with Crippen molar-refractivity contribution in [1.82, 2.24) is 0 Å². The van der Waals surface area contributed by atoms with Gasteiger partial charge in [0.1, 0.15) is 0 Å². The zero-order valence-electron chi connectivity index (χ0n) is 14.4. The van der Waals surface area contributed by atoms with Gasteiger partial charge in [-0.1, -0.05) is 23.2 Å². The van der Waals surface area contributed by atoms with E-state index in [1.54, 1.807) is 18.2 Å².